The van der Waals surface area contributed by atoms with Gasteiger partial charge in [0.2, 0.25) is 0 Å². The largest absolute Gasteiger partial charge is 0.397 e. The summed E-state index contributed by atoms with van der Waals surface area (Å²) < 4.78 is 0.926. The van der Waals surface area contributed by atoms with Gasteiger partial charge in [-0.05, 0) is 47.7 Å². The number of hydrogen-bond donors (Lipinski definition) is 3. The van der Waals surface area contributed by atoms with E-state index < -0.39 is 0 Å². The average Bonchev–Trinajstić information content (AvgIpc) is 2.28. The fourth-order valence-electron chi connectivity index (χ4n) is 1.34. The highest BCUT2D eigenvalue weighted by molar-refractivity contribution is 9.10. The molecule has 0 atom stereocenters. The van der Waals surface area contributed by atoms with Crippen LogP contribution in [0.4, 0.5) is 11.5 Å². The van der Waals surface area contributed by atoms with Crippen LogP contribution in [0.1, 0.15) is 24.8 Å². The van der Waals surface area contributed by atoms with Crippen LogP contribution in [0, 0.1) is 6.92 Å². The molecule has 0 bridgehead atoms. The topological polar surface area (TPSA) is 71.2 Å². The zero-order valence-corrected chi connectivity index (χ0v) is 11.0. The van der Waals surface area contributed by atoms with E-state index in [0.717, 1.165) is 41.7 Å². The number of aliphatic hydroxyl groups is 1. The number of hydrogen-bond acceptors (Lipinski definition) is 4. The van der Waals surface area contributed by atoms with Crippen molar-refractivity contribution in [3.63, 3.8) is 0 Å². The van der Waals surface area contributed by atoms with Crippen LogP contribution in [-0.2, 0) is 0 Å². The van der Waals surface area contributed by atoms with Crippen molar-refractivity contribution >= 4 is 27.4 Å². The van der Waals surface area contributed by atoms with E-state index in [9.17, 15) is 0 Å². The smallest absolute Gasteiger partial charge is 0.140 e. The molecule has 0 aliphatic carbocycles. The van der Waals surface area contributed by atoms with Crippen LogP contribution in [-0.4, -0.2) is 23.2 Å². The number of nitrogens with zero attached hydrogens (tertiary/aromatic N) is 1. The zero-order valence-electron chi connectivity index (χ0n) is 9.46. The number of pyridine rings is 1. The number of rotatable bonds is 6. The van der Waals surface area contributed by atoms with Gasteiger partial charge in [0.1, 0.15) is 5.82 Å². The molecule has 0 amide bonds. The monoisotopic (exact) mass is 287 g/mol. The molecular weight excluding hydrogens is 270 g/mol. The van der Waals surface area contributed by atoms with E-state index in [0.29, 0.717) is 5.69 Å². The quantitative estimate of drug-likeness (QED) is 0.702. The second-order valence-electron chi connectivity index (χ2n) is 3.71. The van der Waals surface area contributed by atoms with E-state index >= 15 is 0 Å². The molecule has 0 spiro atoms. The third-order valence-electron chi connectivity index (χ3n) is 2.43. The first-order chi connectivity index (χ1) is 7.66. The number of anilines is 2. The molecule has 0 saturated heterocycles. The minimum absolute atomic E-state index is 0.267. The molecule has 1 aromatic heterocycles. The summed E-state index contributed by atoms with van der Waals surface area (Å²) in [6.45, 7) is 3.08. The van der Waals surface area contributed by atoms with Gasteiger partial charge in [-0.15, -0.1) is 0 Å². The standard InChI is InChI=1S/C11H18BrN3O/c1-8-9(13)7-15-11(10(8)12)14-5-3-2-4-6-16/h7,16H,2-6,13H2,1H3,(H,14,15). The molecule has 5 heteroatoms. The summed E-state index contributed by atoms with van der Waals surface area (Å²) in [6.07, 6.45) is 4.57. The molecule has 4 nitrogen and oxygen atoms in total. The summed E-state index contributed by atoms with van der Waals surface area (Å²) in [4.78, 5) is 4.22. The summed E-state index contributed by atoms with van der Waals surface area (Å²) in [6, 6.07) is 0. The molecule has 1 rings (SSSR count). The first kappa shape index (κ1) is 13.3. The van der Waals surface area contributed by atoms with Crippen molar-refractivity contribution in [3.8, 4) is 0 Å². The van der Waals surface area contributed by atoms with E-state index in [1.54, 1.807) is 6.20 Å². The number of aromatic nitrogens is 1. The molecule has 16 heavy (non-hydrogen) atoms. The van der Waals surface area contributed by atoms with Gasteiger partial charge in [0, 0.05) is 13.2 Å². The van der Waals surface area contributed by atoms with Crippen LogP contribution in [0.25, 0.3) is 0 Å². The second-order valence-corrected chi connectivity index (χ2v) is 4.51. The fourth-order valence-corrected chi connectivity index (χ4v) is 1.81. The number of aliphatic hydroxyl groups excluding tert-OH is 1. The molecule has 0 aliphatic heterocycles. The van der Waals surface area contributed by atoms with Crippen molar-refractivity contribution in [3.05, 3.63) is 16.2 Å². The summed E-state index contributed by atoms with van der Waals surface area (Å²) in [5.41, 5.74) is 7.44. The highest BCUT2D eigenvalue weighted by Crippen LogP contribution is 2.27. The lowest BCUT2D eigenvalue weighted by Crippen LogP contribution is -2.06. The third-order valence-corrected chi connectivity index (χ3v) is 3.40. The van der Waals surface area contributed by atoms with E-state index in [4.69, 9.17) is 10.8 Å². The van der Waals surface area contributed by atoms with Crippen molar-refractivity contribution in [2.75, 3.05) is 24.2 Å². The van der Waals surface area contributed by atoms with Gasteiger partial charge >= 0.3 is 0 Å². The summed E-state index contributed by atoms with van der Waals surface area (Å²) in [5.74, 6) is 0.829. The Morgan fingerprint density at radius 3 is 2.88 bits per heavy atom. The lowest BCUT2D eigenvalue weighted by atomic mass is 10.2. The van der Waals surface area contributed by atoms with E-state index in [1.165, 1.54) is 0 Å². The molecular formula is C11H18BrN3O. The van der Waals surface area contributed by atoms with Gasteiger partial charge in [-0.3, -0.25) is 0 Å². The highest BCUT2D eigenvalue weighted by atomic mass is 79.9. The molecule has 0 fully saturated rings. The van der Waals surface area contributed by atoms with Crippen LogP contribution in [0.3, 0.4) is 0 Å². The van der Waals surface area contributed by atoms with Crippen LogP contribution >= 0.6 is 15.9 Å². The highest BCUT2D eigenvalue weighted by Gasteiger charge is 2.06. The Morgan fingerprint density at radius 1 is 1.44 bits per heavy atom. The number of halogens is 1. The van der Waals surface area contributed by atoms with E-state index in [-0.39, 0.29) is 6.61 Å². The number of unbranched alkanes of at least 4 members (excludes halogenated alkanes) is 2. The Bertz CT molecular complexity index is 344. The minimum Gasteiger partial charge on any atom is -0.397 e. The lowest BCUT2D eigenvalue weighted by molar-refractivity contribution is 0.283. The maximum absolute atomic E-state index is 8.64. The second kappa shape index (κ2) is 6.70. The minimum atomic E-state index is 0.267. The number of nitrogen functional groups attached to an aromatic ring is 1. The first-order valence-electron chi connectivity index (χ1n) is 5.42. The maximum atomic E-state index is 8.64. The molecule has 4 N–H and O–H groups in total. The van der Waals surface area contributed by atoms with Crippen molar-refractivity contribution < 1.29 is 5.11 Å². The normalized spacial score (nSPS) is 10.4. The first-order valence-corrected chi connectivity index (χ1v) is 6.21. The molecule has 0 aromatic carbocycles. The van der Waals surface area contributed by atoms with Crippen molar-refractivity contribution in [1.29, 1.82) is 0 Å². The van der Waals surface area contributed by atoms with Crippen LogP contribution in [0.15, 0.2) is 10.7 Å². The maximum Gasteiger partial charge on any atom is 0.140 e. The summed E-state index contributed by atoms with van der Waals surface area (Å²) >= 11 is 3.47. The van der Waals surface area contributed by atoms with Gasteiger partial charge in [-0.25, -0.2) is 4.98 Å². The molecule has 0 saturated carbocycles. The van der Waals surface area contributed by atoms with Crippen LogP contribution < -0.4 is 11.1 Å². The molecule has 0 unspecified atom stereocenters. The molecule has 90 valence electrons. The summed E-state index contributed by atoms with van der Waals surface area (Å²) in [5, 5.41) is 11.9. The Morgan fingerprint density at radius 2 is 2.19 bits per heavy atom. The third kappa shape index (κ3) is 3.64. The van der Waals surface area contributed by atoms with Crippen molar-refractivity contribution in [1.82, 2.24) is 4.98 Å². The van der Waals surface area contributed by atoms with Gasteiger partial charge in [-0.2, -0.15) is 0 Å². The zero-order chi connectivity index (χ0) is 12.0. The van der Waals surface area contributed by atoms with Gasteiger partial charge in [0.15, 0.2) is 0 Å². The van der Waals surface area contributed by atoms with Crippen molar-refractivity contribution in [2.24, 2.45) is 0 Å². The number of nitrogens with one attached hydrogen (secondary N) is 1. The van der Waals surface area contributed by atoms with E-state index in [1.807, 2.05) is 6.92 Å². The van der Waals surface area contributed by atoms with Gasteiger partial charge < -0.3 is 16.2 Å². The van der Waals surface area contributed by atoms with Gasteiger partial charge in [0.25, 0.3) is 0 Å². The fraction of sp³-hybridized carbons (Fsp3) is 0.545. The van der Waals surface area contributed by atoms with E-state index in [2.05, 4.69) is 26.2 Å². The molecule has 1 heterocycles. The van der Waals surface area contributed by atoms with Gasteiger partial charge in [0.05, 0.1) is 16.4 Å². The molecule has 0 radical (unpaired) electrons. The average molecular weight is 288 g/mol. The summed E-state index contributed by atoms with van der Waals surface area (Å²) in [7, 11) is 0. The van der Waals surface area contributed by atoms with Crippen molar-refractivity contribution in [2.45, 2.75) is 26.2 Å². The lowest BCUT2D eigenvalue weighted by Gasteiger charge is -2.10. The predicted molar refractivity (Wildman–Crippen MR) is 70.5 cm³/mol. The Balaban J connectivity index is 2.45. The predicted octanol–water partition coefficient (Wildman–Crippen LogP) is 2.31. The van der Waals surface area contributed by atoms with Crippen LogP contribution in [0.2, 0.25) is 0 Å². The molecule has 0 aliphatic rings. The Hall–Kier alpha value is -0.810. The molecule has 1 aromatic rings. The Labute approximate surface area is 104 Å². The number of nitrogens with two attached hydrogens (primary N) is 1. The van der Waals surface area contributed by atoms with Crippen LogP contribution in [0.5, 0.6) is 0 Å². The van der Waals surface area contributed by atoms with Gasteiger partial charge in [-0.1, -0.05) is 0 Å². The Kier molecular flexibility index (Phi) is 5.55. The SMILES string of the molecule is Cc1c(N)cnc(NCCCCCO)c1Br.